The number of rotatable bonds is 6. The number of benzene rings is 1. The summed E-state index contributed by atoms with van der Waals surface area (Å²) >= 11 is 9.43. The molecule has 0 aliphatic heterocycles. The van der Waals surface area contributed by atoms with Crippen LogP contribution >= 0.6 is 27.5 Å². The molecular weight excluding hydrogens is 286 g/mol. The van der Waals surface area contributed by atoms with Crippen molar-refractivity contribution in [2.75, 3.05) is 0 Å². The van der Waals surface area contributed by atoms with Gasteiger partial charge in [-0.1, -0.05) is 60.1 Å². The fraction of sp³-hybridized carbons (Fsp3) is 0.538. The molecule has 0 heterocycles. The van der Waals surface area contributed by atoms with Gasteiger partial charge in [-0.15, -0.1) is 0 Å². The Kier molecular flexibility index (Phi) is 6.40. The van der Waals surface area contributed by atoms with Gasteiger partial charge in [0.1, 0.15) is 0 Å². The largest absolute Gasteiger partial charge is 0.324 e. The molecule has 16 heavy (non-hydrogen) atoms. The average Bonchev–Trinajstić information content (AvgIpc) is 2.22. The van der Waals surface area contributed by atoms with E-state index in [1.165, 1.54) is 25.7 Å². The lowest BCUT2D eigenvalue weighted by atomic mass is 10.0. The van der Waals surface area contributed by atoms with Gasteiger partial charge in [-0.2, -0.15) is 0 Å². The van der Waals surface area contributed by atoms with Crippen molar-refractivity contribution < 1.29 is 0 Å². The predicted molar refractivity (Wildman–Crippen MR) is 74.8 cm³/mol. The molecule has 1 atom stereocenters. The molecule has 1 unspecified atom stereocenters. The maximum Gasteiger partial charge on any atom is 0.0420 e. The van der Waals surface area contributed by atoms with E-state index < -0.39 is 0 Å². The minimum Gasteiger partial charge on any atom is -0.324 e. The van der Waals surface area contributed by atoms with Crippen LogP contribution in [-0.2, 0) is 0 Å². The molecule has 0 spiro atoms. The molecule has 0 fully saturated rings. The maximum absolute atomic E-state index is 6.14. The van der Waals surface area contributed by atoms with Crippen LogP contribution in [-0.4, -0.2) is 0 Å². The highest BCUT2D eigenvalue weighted by molar-refractivity contribution is 9.10. The first-order chi connectivity index (χ1) is 7.63. The zero-order valence-electron chi connectivity index (χ0n) is 9.68. The summed E-state index contributed by atoms with van der Waals surface area (Å²) in [5.41, 5.74) is 7.26. The fourth-order valence-corrected chi connectivity index (χ4v) is 2.63. The van der Waals surface area contributed by atoms with Crippen molar-refractivity contribution in [3.8, 4) is 0 Å². The van der Waals surface area contributed by atoms with Crippen LogP contribution in [0.15, 0.2) is 22.7 Å². The van der Waals surface area contributed by atoms with Crippen LogP contribution in [0.3, 0.4) is 0 Å². The summed E-state index contributed by atoms with van der Waals surface area (Å²) in [7, 11) is 0. The Labute approximate surface area is 111 Å². The molecule has 0 amide bonds. The van der Waals surface area contributed by atoms with Gasteiger partial charge in [0, 0.05) is 15.5 Å². The molecule has 0 aromatic heterocycles. The Morgan fingerprint density at radius 1 is 1.25 bits per heavy atom. The highest BCUT2D eigenvalue weighted by atomic mass is 79.9. The lowest BCUT2D eigenvalue weighted by Gasteiger charge is -2.12. The zero-order valence-corrected chi connectivity index (χ0v) is 12.0. The van der Waals surface area contributed by atoms with E-state index in [1.807, 2.05) is 12.1 Å². The summed E-state index contributed by atoms with van der Waals surface area (Å²) in [5.74, 6) is 0. The number of nitrogens with two attached hydrogens (primary N) is 1. The van der Waals surface area contributed by atoms with Crippen LogP contribution in [0.1, 0.15) is 50.6 Å². The third-order valence-corrected chi connectivity index (χ3v) is 3.36. The van der Waals surface area contributed by atoms with E-state index in [2.05, 4.69) is 28.9 Å². The molecular formula is C13H19BrClN. The Morgan fingerprint density at radius 2 is 2.00 bits per heavy atom. The summed E-state index contributed by atoms with van der Waals surface area (Å²) in [4.78, 5) is 0. The summed E-state index contributed by atoms with van der Waals surface area (Å²) in [6.45, 7) is 2.22. The van der Waals surface area contributed by atoms with Gasteiger partial charge in [0.25, 0.3) is 0 Å². The van der Waals surface area contributed by atoms with Crippen molar-refractivity contribution in [1.82, 2.24) is 0 Å². The molecule has 0 radical (unpaired) electrons. The molecule has 0 saturated carbocycles. The molecule has 3 heteroatoms. The van der Waals surface area contributed by atoms with Gasteiger partial charge in [-0.3, -0.25) is 0 Å². The topological polar surface area (TPSA) is 26.0 Å². The van der Waals surface area contributed by atoms with Crippen molar-refractivity contribution in [2.24, 2.45) is 5.73 Å². The molecule has 0 aliphatic rings. The zero-order chi connectivity index (χ0) is 12.0. The fourth-order valence-electron chi connectivity index (χ4n) is 1.75. The van der Waals surface area contributed by atoms with Crippen LogP contribution in [0.2, 0.25) is 5.02 Å². The minimum atomic E-state index is 0.104. The van der Waals surface area contributed by atoms with Crippen LogP contribution in [0.4, 0.5) is 0 Å². The van der Waals surface area contributed by atoms with Gasteiger partial charge in [0.2, 0.25) is 0 Å². The monoisotopic (exact) mass is 303 g/mol. The van der Waals surface area contributed by atoms with E-state index in [0.29, 0.717) is 0 Å². The van der Waals surface area contributed by atoms with E-state index >= 15 is 0 Å². The van der Waals surface area contributed by atoms with Crippen LogP contribution < -0.4 is 5.73 Å². The molecule has 90 valence electrons. The summed E-state index contributed by atoms with van der Waals surface area (Å²) in [6.07, 6.45) is 6.06. The Morgan fingerprint density at radius 3 is 2.62 bits per heavy atom. The smallest absolute Gasteiger partial charge is 0.0420 e. The van der Waals surface area contributed by atoms with Gasteiger partial charge < -0.3 is 5.73 Å². The first kappa shape index (κ1) is 14.0. The lowest BCUT2D eigenvalue weighted by Crippen LogP contribution is -2.10. The number of hydrogen-bond acceptors (Lipinski definition) is 1. The van der Waals surface area contributed by atoms with Crippen molar-refractivity contribution in [2.45, 2.75) is 45.1 Å². The van der Waals surface area contributed by atoms with Crippen molar-refractivity contribution in [1.29, 1.82) is 0 Å². The van der Waals surface area contributed by atoms with Crippen LogP contribution in [0.5, 0.6) is 0 Å². The normalized spacial score (nSPS) is 12.8. The molecule has 1 nitrogen and oxygen atoms in total. The summed E-state index contributed by atoms with van der Waals surface area (Å²) < 4.78 is 0.999. The van der Waals surface area contributed by atoms with Crippen molar-refractivity contribution in [3.05, 3.63) is 33.3 Å². The number of halogens is 2. The maximum atomic E-state index is 6.14. The van der Waals surface area contributed by atoms with Crippen LogP contribution in [0, 0.1) is 0 Å². The standard InChI is InChI=1S/C13H19BrClN/c1-2-3-4-5-6-13(16)10-7-11(14)9-12(15)8-10/h7-9,13H,2-6,16H2,1H3. The second-order valence-electron chi connectivity index (χ2n) is 4.16. The third kappa shape index (κ3) is 4.86. The Bertz CT molecular complexity index is 307. The van der Waals surface area contributed by atoms with E-state index in [4.69, 9.17) is 17.3 Å². The quantitative estimate of drug-likeness (QED) is 0.729. The molecule has 1 aromatic carbocycles. The summed E-state index contributed by atoms with van der Waals surface area (Å²) in [5, 5.41) is 0.744. The first-order valence-electron chi connectivity index (χ1n) is 5.85. The van der Waals surface area contributed by atoms with Gasteiger partial charge in [-0.25, -0.2) is 0 Å². The van der Waals surface area contributed by atoms with E-state index in [0.717, 1.165) is 21.5 Å². The van der Waals surface area contributed by atoms with Gasteiger partial charge in [-0.05, 0) is 30.2 Å². The highest BCUT2D eigenvalue weighted by Gasteiger charge is 2.07. The predicted octanol–water partition coefficient (Wildman–Crippen LogP) is 5.07. The lowest BCUT2D eigenvalue weighted by molar-refractivity contribution is 0.566. The molecule has 2 N–H and O–H groups in total. The number of hydrogen-bond donors (Lipinski definition) is 1. The Hall–Kier alpha value is -0.0500. The molecule has 0 saturated heterocycles. The van der Waals surface area contributed by atoms with Gasteiger partial charge >= 0.3 is 0 Å². The SMILES string of the molecule is CCCCCCC(N)c1cc(Cl)cc(Br)c1. The van der Waals surface area contributed by atoms with E-state index in [-0.39, 0.29) is 6.04 Å². The molecule has 0 bridgehead atoms. The second kappa shape index (κ2) is 7.31. The second-order valence-corrected chi connectivity index (χ2v) is 5.51. The van der Waals surface area contributed by atoms with Gasteiger partial charge in [0.15, 0.2) is 0 Å². The van der Waals surface area contributed by atoms with Crippen LogP contribution in [0.25, 0.3) is 0 Å². The third-order valence-electron chi connectivity index (χ3n) is 2.68. The highest BCUT2D eigenvalue weighted by Crippen LogP contribution is 2.25. The molecule has 0 aliphatic carbocycles. The minimum absolute atomic E-state index is 0.104. The molecule has 1 rings (SSSR count). The van der Waals surface area contributed by atoms with Gasteiger partial charge in [0.05, 0.1) is 0 Å². The Balaban J connectivity index is 2.48. The number of unbranched alkanes of at least 4 members (excludes halogenated alkanes) is 3. The van der Waals surface area contributed by atoms with E-state index in [9.17, 15) is 0 Å². The first-order valence-corrected chi connectivity index (χ1v) is 7.02. The average molecular weight is 305 g/mol. The molecule has 1 aromatic rings. The van der Waals surface area contributed by atoms with Crippen molar-refractivity contribution >= 4 is 27.5 Å². The van der Waals surface area contributed by atoms with E-state index in [1.54, 1.807) is 0 Å². The summed E-state index contributed by atoms with van der Waals surface area (Å²) in [6, 6.07) is 5.99. The van der Waals surface area contributed by atoms with Crippen molar-refractivity contribution in [3.63, 3.8) is 0 Å².